The van der Waals surface area contributed by atoms with Crippen LogP contribution in [0.1, 0.15) is 18.3 Å². The predicted molar refractivity (Wildman–Crippen MR) is 95.3 cm³/mol. The summed E-state index contributed by atoms with van der Waals surface area (Å²) in [5.74, 6) is 0.679. The number of halogens is 1. The van der Waals surface area contributed by atoms with Crippen molar-refractivity contribution in [2.45, 2.75) is 20.4 Å². The third-order valence-corrected chi connectivity index (χ3v) is 4.14. The van der Waals surface area contributed by atoms with E-state index in [0.29, 0.717) is 11.6 Å². The van der Waals surface area contributed by atoms with Gasteiger partial charge in [-0.15, -0.1) is 0 Å². The molecule has 0 aliphatic rings. The number of H-pyrrole nitrogens is 1. The van der Waals surface area contributed by atoms with Crippen molar-refractivity contribution < 1.29 is 9.53 Å². The molecule has 3 aromatic rings. The Morgan fingerprint density at radius 2 is 2.12 bits per heavy atom. The number of nitrogens with one attached hydrogen (secondary N) is 2. The smallest absolute Gasteiger partial charge is 0.217 e. The number of carbonyl (C=O) groups is 1. The van der Waals surface area contributed by atoms with Gasteiger partial charge in [0.1, 0.15) is 5.75 Å². The Hall–Kier alpha value is -2.53. The average molecular weight is 344 g/mol. The number of rotatable bonds is 4. The zero-order chi connectivity index (χ0) is 17.3. The highest BCUT2D eigenvalue weighted by molar-refractivity contribution is 6.34. The second-order valence-corrected chi connectivity index (χ2v) is 6.01. The summed E-state index contributed by atoms with van der Waals surface area (Å²) in [6.07, 6.45) is 0. The van der Waals surface area contributed by atoms with Gasteiger partial charge in [-0.25, -0.2) is 4.98 Å². The number of hydrogen-bond donors (Lipinski definition) is 2. The quantitative estimate of drug-likeness (QED) is 0.756. The van der Waals surface area contributed by atoms with Crippen LogP contribution in [0, 0.1) is 6.92 Å². The van der Waals surface area contributed by atoms with E-state index >= 15 is 0 Å². The maximum absolute atomic E-state index is 11.0. The molecule has 0 bridgehead atoms. The summed E-state index contributed by atoms with van der Waals surface area (Å²) in [6.45, 7) is 3.85. The number of hydrogen-bond acceptors (Lipinski definition) is 3. The Morgan fingerprint density at radius 3 is 2.79 bits per heavy atom. The molecule has 0 aliphatic heterocycles. The number of methoxy groups -OCH3 is 1. The van der Waals surface area contributed by atoms with Gasteiger partial charge in [0.15, 0.2) is 0 Å². The Bertz CT molecular complexity index is 918. The molecule has 1 amide bonds. The summed E-state index contributed by atoms with van der Waals surface area (Å²) < 4.78 is 5.25. The molecule has 124 valence electrons. The normalized spacial score (nSPS) is 10.8. The largest absolute Gasteiger partial charge is 0.495 e. The third-order valence-electron chi connectivity index (χ3n) is 3.83. The minimum absolute atomic E-state index is 0.0646. The molecule has 1 aromatic carbocycles. The predicted octanol–water partition coefficient (Wildman–Crippen LogP) is 3.84. The zero-order valence-corrected chi connectivity index (χ0v) is 14.5. The van der Waals surface area contributed by atoms with Crippen LogP contribution in [0.2, 0.25) is 5.02 Å². The van der Waals surface area contributed by atoms with Crippen LogP contribution < -0.4 is 10.1 Å². The number of fused-ring (bicyclic) bond motifs is 1. The number of ether oxygens (including phenoxy) is 1. The van der Waals surface area contributed by atoms with Crippen LogP contribution in [-0.4, -0.2) is 23.0 Å². The van der Waals surface area contributed by atoms with Gasteiger partial charge in [-0.1, -0.05) is 11.6 Å². The van der Waals surface area contributed by atoms with E-state index < -0.39 is 0 Å². The van der Waals surface area contributed by atoms with Gasteiger partial charge in [-0.3, -0.25) is 4.79 Å². The molecule has 2 heterocycles. The summed E-state index contributed by atoms with van der Waals surface area (Å²) in [4.78, 5) is 18.9. The van der Waals surface area contributed by atoms with Gasteiger partial charge in [0.05, 0.1) is 30.1 Å². The molecule has 2 aromatic heterocycles. The molecule has 0 fully saturated rings. The summed E-state index contributed by atoms with van der Waals surface area (Å²) in [7, 11) is 1.62. The Morgan fingerprint density at radius 1 is 1.33 bits per heavy atom. The highest BCUT2D eigenvalue weighted by Crippen LogP contribution is 2.32. The lowest BCUT2D eigenvalue weighted by Gasteiger charge is -2.08. The summed E-state index contributed by atoms with van der Waals surface area (Å²) in [5.41, 5.74) is 4.32. The standard InChI is InChI=1S/C18H18ClN3O2/c1-10-18(24-3)5-4-16(21-10)14-8-17-12(7-15(14)19)6-13(22-17)9-20-11(2)23/h4-8,22H,9H2,1-3H3,(H,20,23). The lowest BCUT2D eigenvalue weighted by atomic mass is 10.1. The van der Waals surface area contributed by atoms with Crippen molar-refractivity contribution in [2.75, 3.05) is 7.11 Å². The number of carbonyl (C=O) groups excluding carboxylic acids is 1. The summed E-state index contributed by atoms with van der Waals surface area (Å²) in [6, 6.07) is 9.63. The first-order valence-corrected chi connectivity index (χ1v) is 7.93. The third kappa shape index (κ3) is 3.21. The van der Waals surface area contributed by atoms with Gasteiger partial charge in [0, 0.05) is 29.1 Å². The molecule has 24 heavy (non-hydrogen) atoms. The molecule has 5 nitrogen and oxygen atoms in total. The van der Waals surface area contributed by atoms with E-state index in [0.717, 1.165) is 39.3 Å². The van der Waals surface area contributed by atoms with Crippen molar-refractivity contribution in [3.63, 3.8) is 0 Å². The summed E-state index contributed by atoms with van der Waals surface area (Å²) in [5, 5.41) is 4.40. The molecule has 2 N–H and O–H groups in total. The molecule has 0 saturated carbocycles. The van der Waals surface area contributed by atoms with Crippen LogP contribution in [0.3, 0.4) is 0 Å². The number of aromatic nitrogens is 2. The average Bonchev–Trinajstić information content (AvgIpc) is 2.93. The number of aromatic amines is 1. The van der Waals surface area contributed by atoms with Crippen LogP contribution in [-0.2, 0) is 11.3 Å². The number of benzene rings is 1. The van der Waals surface area contributed by atoms with Crippen molar-refractivity contribution >= 4 is 28.4 Å². The molecule has 0 radical (unpaired) electrons. The van der Waals surface area contributed by atoms with Crippen molar-refractivity contribution in [3.05, 3.63) is 46.7 Å². The van der Waals surface area contributed by atoms with Crippen LogP contribution in [0.5, 0.6) is 5.75 Å². The van der Waals surface area contributed by atoms with Crippen molar-refractivity contribution in [1.29, 1.82) is 0 Å². The highest BCUT2D eigenvalue weighted by atomic mass is 35.5. The van der Waals surface area contributed by atoms with Crippen LogP contribution in [0.4, 0.5) is 0 Å². The van der Waals surface area contributed by atoms with Crippen molar-refractivity contribution in [3.8, 4) is 17.0 Å². The minimum Gasteiger partial charge on any atom is -0.495 e. The van der Waals surface area contributed by atoms with Gasteiger partial charge >= 0.3 is 0 Å². The van der Waals surface area contributed by atoms with Crippen LogP contribution in [0.25, 0.3) is 22.2 Å². The van der Waals surface area contributed by atoms with Gasteiger partial charge in [0.25, 0.3) is 0 Å². The van der Waals surface area contributed by atoms with Crippen molar-refractivity contribution in [1.82, 2.24) is 15.3 Å². The Balaban J connectivity index is 2.00. The van der Waals surface area contributed by atoms with E-state index in [9.17, 15) is 4.79 Å². The molecule has 0 unspecified atom stereocenters. The number of pyridine rings is 1. The number of aryl methyl sites for hydroxylation is 1. The summed E-state index contributed by atoms with van der Waals surface area (Å²) >= 11 is 6.45. The minimum atomic E-state index is -0.0646. The molecular weight excluding hydrogens is 326 g/mol. The van der Waals surface area contributed by atoms with E-state index in [1.165, 1.54) is 6.92 Å². The molecule has 6 heteroatoms. The molecular formula is C18H18ClN3O2. The maximum Gasteiger partial charge on any atom is 0.217 e. The van der Waals surface area contributed by atoms with Crippen molar-refractivity contribution in [2.24, 2.45) is 0 Å². The molecule has 3 rings (SSSR count). The lowest BCUT2D eigenvalue weighted by Crippen LogP contribution is -2.18. The van der Waals surface area contributed by atoms with Gasteiger partial charge in [-0.05, 0) is 37.3 Å². The Kier molecular flexibility index (Phi) is 4.44. The fourth-order valence-corrected chi connectivity index (χ4v) is 2.91. The molecule has 0 spiro atoms. The maximum atomic E-state index is 11.0. The van der Waals surface area contributed by atoms with Gasteiger partial charge in [-0.2, -0.15) is 0 Å². The first-order chi connectivity index (χ1) is 11.5. The van der Waals surface area contributed by atoms with Crippen LogP contribution in [0.15, 0.2) is 30.3 Å². The SMILES string of the molecule is COc1ccc(-c2cc3[nH]c(CNC(C)=O)cc3cc2Cl)nc1C. The van der Waals surface area contributed by atoms with E-state index in [-0.39, 0.29) is 5.91 Å². The van der Waals surface area contributed by atoms with Gasteiger partial charge < -0.3 is 15.0 Å². The van der Waals surface area contributed by atoms with E-state index in [1.54, 1.807) is 7.11 Å². The molecule has 0 saturated heterocycles. The topological polar surface area (TPSA) is 67.0 Å². The zero-order valence-electron chi connectivity index (χ0n) is 13.7. The van der Waals surface area contributed by atoms with Crippen LogP contribution >= 0.6 is 11.6 Å². The molecule has 0 atom stereocenters. The monoisotopic (exact) mass is 343 g/mol. The molecule has 0 aliphatic carbocycles. The van der Waals surface area contributed by atoms with E-state index in [2.05, 4.69) is 15.3 Å². The fourth-order valence-electron chi connectivity index (χ4n) is 2.64. The lowest BCUT2D eigenvalue weighted by molar-refractivity contribution is -0.119. The first kappa shape index (κ1) is 16.3. The second-order valence-electron chi connectivity index (χ2n) is 5.61. The number of amides is 1. The Labute approximate surface area is 145 Å². The van der Waals surface area contributed by atoms with Gasteiger partial charge in [0.2, 0.25) is 5.91 Å². The first-order valence-electron chi connectivity index (χ1n) is 7.55. The highest BCUT2D eigenvalue weighted by Gasteiger charge is 2.11. The second kappa shape index (κ2) is 6.53. The van der Waals surface area contributed by atoms with E-state index in [1.807, 2.05) is 37.3 Å². The number of nitrogens with zero attached hydrogens (tertiary/aromatic N) is 1. The van der Waals surface area contributed by atoms with E-state index in [4.69, 9.17) is 16.3 Å². The fraction of sp³-hybridized carbons (Fsp3) is 0.222.